The number of thiazole rings is 1. The van der Waals surface area contributed by atoms with Crippen LogP contribution < -0.4 is 5.32 Å². The summed E-state index contributed by atoms with van der Waals surface area (Å²) in [6, 6.07) is 8.99. The van der Waals surface area contributed by atoms with Gasteiger partial charge in [-0.3, -0.25) is 0 Å². The van der Waals surface area contributed by atoms with Gasteiger partial charge in [-0.05, 0) is 31.4 Å². The molecule has 1 aromatic heterocycles. The molecule has 1 aliphatic carbocycles. The van der Waals surface area contributed by atoms with Crippen molar-refractivity contribution in [2.45, 2.75) is 45.1 Å². The monoisotopic (exact) mass is 364 g/mol. The van der Waals surface area contributed by atoms with Crippen LogP contribution in [0.1, 0.15) is 43.2 Å². The summed E-state index contributed by atoms with van der Waals surface area (Å²) < 4.78 is 1.12. The Bertz CT molecular complexity index is 621. The lowest BCUT2D eigenvalue weighted by Gasteiger charge is -2.22. The number of hydrogen-bond donors (Lipinski definition) is 1. The molecule has 112 valence electrons. The van der Waals surface area contributed by atoms with Gasteiger partial charge >= 0.3 is 0 Å². The van der Waals surface area contributed by atoms with Crippen LogP contribution >= 0.6 is 27.3 Å². The van der Waals surface area contributed by atoms with Crippen molar-refractivity contribution < 1.29 is 0 Å². The molecule has 2 aromatic rings. The van der Waals surface area contributed by atoms with Gasteiger partial charge in [0.2, 0.25) is 0 Å². The molecular formula is C17H21BrN2S. The highest BCUT2D eigenvalue weighted by molar-refractivity contribution is 9.10. The molecule has 0 radical (unpaired) electrons. The third-order valence-corrected chi connectivity index (χ3v) is 5.59. The highest BCUT2D eigenvalue weighted by Crippen LogP contribution is 2.38. The minimum Gasteiger partial charge on any atom is -0.314 e. The molecule has 0 saturated carbocycles. The Morgan fingerprint density at radius 1 is 1.43 bits per heavy atom. The number of fused-ring (bicyclic) bond motifs is 1. The van der Waals surface area contributed by atoms with Gasteiger partial charge in [-0.15, -0.1) is 11.3 Å². The lowest BCUT2D eigenvalue weighted by atomic mass is 9.91. The van der Waals surface area contributed by atoms with Crippen LogP contribution in [0.3, 0.4) is 0 Å². The topological polar surface area (TPSA) is 24.9 Å². The second-order valence-corrected chi connectivity index (χ2v) is 7.99. The van der Waals surface area contributed by atoms with E-state index in [1.807, 2.05) is 11.3 Å². The summed E-state index contributed by atoms with van der Waals surface area (Å²) in [6.45, 7) is 5.46. The van der Waals surface area contributed by atoms with Gasteiger partial charge in [0.1, 0.15) is 5.01 Å². The molecule has 2 nitrogen and oxygen atoms in total. The van der Waals surface area contributed by atoms with Crippen molar-refractivity contribution in [2.75, 3.05) is 6.54 Å². The van der Waals surface area contributed by atoms with Crippen molar-refractivity contribution in [1.29, 1.82) is 0 Å². The molecule has 0 fully saturated rings. The fraction of sp³-hybridized carbons (Fsp3) is 0.471. The first kappa shape index (κ1) is 15.2. The maximum Gasteiger partial charge on any atom is 0.123 e. The van der Waals surface area contributed by atoms with Crippen LogP contribution in [0.15, 0.2) is 28.7 Å². The van der Waals surface area contributed by atoms with E-state index < -0.39 is 0 Å². The average molecular weight is 365 g/mol. The molecule has 1 N–H and O–H groups in total. The van der Waals surface area contributed by atoms with Gasteiger partial charge in [0.05, 0.1) is 5.69 Å². The molecule has 0 aliphatic heterocycles. The van der Waals surface area contributed by atoms with Crippen molar-refractivity contribution in [1.82, 2.24) is 10.3 Å². The summed E-state index contributed by atoms with van der Waals surface area (Å²) in [7, 11) is 0. The first-order valence-corrected chi connectivity index (χ1v) is 9.23. The zero-order chi connectivity index (χ0) is 14.8. The van der Waals surface area contributed by atoms with Crippen LogP contribution in [0, 0.1) is 0 Å². The van der Waals surface area contributed by atoms with Crippen LogP contribution in [-0.2, 0) is 6.42 Å². The number of hydrogen-bond acceptors (Lipinski definition) is 3. The third-order valence-electron chi connectivity index (χ3n) is 3.91. The van der Waals surface area contributed by atoms with Crippen molar-refractivity contribution in [3.63, 3.8) is 0 Å². The summed E-state index contributed by atoms with van der Waals surface area (Å²) in [5.41, 5.74) is 2.56. The molecule has 0 spiro atoms. The van der Waals surface area contributed by atoms with E-state index in [-0.39, 0.29) is 0 Å². The number of benzene rings is 1. The van der Waals surface area contributed by atoms with Crippen LogP contribution in [0.2, 0.25) is 0 Å². The predicted octanol–water partition coefficient (Wildman–Crippen LogP) is 4.99. The number of rotatable bonds is 4. The fourth-order valence-electron chi connectivity index (χ4n) is 2.83. The average Bonchev–Trinajstić information content (AvgIpc) is 2.89. The lowest BCUT2D eigenvalue weighted by molar-refractivity contribution is 0.475. The molecule has 1 aliphatic rings. The summed E-state index contributed by atoms with van der Waals surface area (Å²) in [5.74, 6) is 0.577. The van der Waals surface area contributed by atoms with Gasteiger partial charge in [0.15, 0.2) is 0 Å². The molecule has 1 atom stereocenters. The standard InChI is InChI=1S/C17H21BrN2S/c1-11(2)19-10-13-6-4-8-15-16(13)20-17(21-15)12-5-3-7-14(18)9-12/h3,5,7,9,11,13,19H,4,6,8,10H2,1-2H3. The van der Waals surface area contributed by atoms with Crippen molar-refractivity contribution in [2.24, 2.45) is 0 Å². The van der Waals surface area contributed by atoms with Gasteiger partial charge in [0, 0.05) is 33.4 Å². The largest absolute Gasteiger partial charge is 0.314 e. The highest BCUT2D eigenvalue weighted by Gasteiger charge is 2.25. The van der Waals surface area contributed by atoms with Crippen molar-refractivity contribution in [3.8, 4) is 10.6 Å². The van der Waals surface area contributed by atoms with Crippen molar-refractivity contribution >= 4 is 27.3 Å². The summed E-state index contributed by atoms with van der Waals surface area (Å²) >= 11 is 5.43. The van der Waals surface area contributed by atoms with Gasteiger partial charge in [-0.1, -0.05) is 41.9 Å². The fourth-order valence-corrected chi connectivity index (χ4v) is 4.41. The first-order valence-electron chi connectivity index (χ1n) is 7.62. The quantitative estimate of drug-likeness (QED) is 0.826. The molecule has 0 bridgehead atoms. The van der Waals surface area contributed by atoms with Crippen LogP contribution in [-0.4, -0.2) is 17.6 Å². The Morgan fingerprint density at radius 3 is 3.05 bits per heavy atom. The minimum absolute atomic E-state index is 0.540. The summed E-state index contributed by atoms with van der Waals surface area (Å²) in [4.78, 5) is 6.47. The number of aryl methyl sites for hydroxylation is 1. The lowest BCUT2D eigenvalue weighted by Crippen LogP contribution is -2.29. The third kappa shape index (κ3) is 3.55. The highest BCUT2D eigenvalue weighted by atomic mass is 79.9. The molecule has 3 rings (SSSR count). The van der Waals surface area contributed by atoms with E-state index in [9.17, 15) is 0 Å². The van der Waals surface area contributed by atoms with Gasteiger partial charge in [-0.2, -0.15) is 0 Å². The second-order valence-electron chi connectivity index (χ2n) is 5.99. The van der Waals surface area contributed by atoms with E-state index in [1.54, 1.807) is 0 Å². The normalized spacial score (nSPS) is 18.0. The van der Waals surface area contributed by atoms with E-state index >= 15 is 0 Å². The summed E-state index contributed by atoms with van der Waals surface area (Å²) in [6.07, 6.45) is 3.74. The van der Waals surface area contributed by atoms with Crippen molar-refractivity contribution in [3.05, 3.63) is 39.3 Å². The summed E-state index contributed by atoms with van der Waals surface area (Å²) in [5, 5.41) is 4.74. The molecule has 1 aromatic carbocycles. The Labute approximate surface area is 139 Å². The van der Waals surface area contributed by atoms with E-state index in [1.165, 1.54) is 35.4 Å². The molecular weight excluding hydrogens is 344 g/mol. The van der Waals surface area contributed by atoms with Gasteiger partial charge in [0.25, 0.3) is 0 Å². The van der Waals surface area contributed by atoms with E-state index in [4.69, 9.17) is 4.98 Å². The minimum atomic E-state index is 0.540. The maximum atomic E-state index is 4.98. The smallest absolute Gasteiger partial charge is 0.123 e. The van der Waals surface area contributed by atoms with Gasteiger partial charge in [-0.25, -0.2) is 4.98 Å². The second kappa shape index (κ2) is 6.59. The Hall–Kier alpha value is -0.710. The van der Waals surface area contributed by atoms with Crippen LogP contribution in [0.4, 0.5) is 0 Å². The molecule has 21 heavy (non-hydrogen) atoms. The maximum absolute atomic E-state index is 4.98. The SMILES string of the molecule is CC(C)NCC1CCCc2sc(-c3cccc(Br)c3)nc21. The van der Waals surface area contributed by atoms with Crippen LogP contribution in [0.25, 0.3) is 10.6 Å². The molecule has 0 amide bonds. The molecule has 0 saturated heterocycles. The number of halogens is 1. The molecule has 4 heteroatoms. The number of aromatic nitrogens is 1. The first-order chi connectivity index (χ1) is 10.1. The number of nitrogens with one attached hydrogen (secondary N) is 1. The predicted molar refractivity (Wildman–Crippen MR) is 94.1 cm³/mol. The number of nitrogens with zero attached hydrogens (tertiary/aromatic N) is 1. The van der Waals surface area contributed by atoms with E-state index in [2.05, 4.69) is 59.4 Å². The molecule has 1 heterocycles. The van der Waals surface area contributed by atoms with E-state index in [0.717, 1.165) is 16.0 Å². The Balaban J connectivity index is 1.87. The van der Waals surface area contributed by atoms with Gasteiger partial charge < -0.3 is 5.32 Å². The zero-order valence-electron chi connectivity index (χ0n) is 12.5. The Morgan fingerprint density at radius 2 is 2.29 bits per heavy atom. The Kier molecular flexibility index (Phi) is 4.77. The molecule has 1 unspecified atom stereocenters. The van der Waals surface area contributed by atoms with Crippen LogP contribution in [0.5, 0.6) is 0 Å². The zero-order valence-corrected chi connectivity index (χ0v) is 14.9. The van der Waals surface area contributed by atoms with E-state index in [0.29, 0.717) is 12.0 Å².